The molecule has 22 heavy (non-hydrogen) atoms. The minimum Gasteiger partial charge on any atom is -0.387 e. The van der Waals surface area contributed by atoms with E-state index in [9.17, 15) is 23.7 Å². The lowest BCUT2D eigenvalue weighted by Crippen LogP contribution is -2.37. The van der Waals surface area contributed by atoms with Gasteiger partial charge in [0, 0.05) is 6.20 Å². The Morgan fingerprint density at radius 1 is 1.50 bits per heavy atom. The molecule has 10 nitrogen and oxygen atoms in total. The van der Waals surface area contributed by atoms with Crippen molar-refractivity contribution in [1.29, 1.82) is 5.26 Å². The number of aromatic amines is 1. The van der Waals surface area contributed by atoms with Crippen LogP contribution >= 0.6 is 7.60 Å². The third-order valence-electron chi connectivity index (χ3n) is 3.07. The Hall–Kier alpha value is -1.83. The van der Waals surface area contributed by atoms with Gasteiger partial charge in [-0.2, -0.15) is 5.26 Å². The maximum atomic E-state index is 14.0. The number of nitrogens with zero attached hydrogens (tertiary/aromatic N) is 2. The molecule has 4 atom stereocenters. The number of hydrogen-bond donors (Lipinski definition) is 4. The summed E-state index contributed by atoms with van der Waals surface area (Å²) in [7, 11) is -4.58. The molecule has 2 rings (SSSR count). The second-order valence-electron chi connectivity index (χ2n) is 4.67. The molecule has 1 aromatic rings. The number of nitriles is 1. The van der Waals surface area contributed by atoms with Gasteiger partial charge in [-0.15, -0.1) is 0 Å². The molecule has 1 fully saturated rings. The van der Waals surface area contributed by atoms with E-state index in [-0.39, 0.29) is 0 Å². The highest BCUT2D eigenvalue weighted by molar-refractivity contribution is 7.51. The summed E-state index contributed by atoms with van der Waals surface area (Å²) >= 11 is 0. The number of H-pyrrole nitrogens is 1. The quantitative estimate of drug-likeness (QED) is 0.469. The van der Waals surface area contributed by atoms with Gasteiger partial charge in [0.1, 0.15) is 23.8 Å². The Balaban J connectivity index is 2.39. The van der Waals surface area contributed by atoms with Crippen LogP contribution in [0, 0.1) is 11.3 Å². The Labute approximate surface area is 121 Å². The number of aromatic nitrogens is 2. The second-order valence-corrected chi connectivity index (χ2v) is 6.36. The van der Waals surface area contributed by atoms with Crippen molar-refractivity contribution in [2.24, 2.45) is 0 Å². The van der Waals surface area contributed by atoms with Crippen molar-refractivity contribution in [1.82, 2.24) is 9.55 Å². The topological polar surface area (TPSA) is 166 Å². The summed E-state index contributed by atoms with van der Waals surface area (Å²) in [6, 6.07) is 1.49. The first-order valence-electron chi connectivity index (χ1n) is 5.92. The summed E-state index contributed by atoms with van der Waals surface area (Å²) in [5, 5.41) is 18.4. The van der Waals surface area contributed by atoms with Crippen LogP contribution in [-0.2, 0) is 9.30 Å². The van der Waals surface area contributed by atoms with Crippen LogP contribution in [-0.4, -0.2) is 49.0 Å². The van der Waals surface area contributed by atoms with Gasteiger partial charge in [0.2, 0.25) is 0 Å². The molecular weight excluding hydrogens is 324 g/mol. The molecule has 0 spiro atoms. The number of alkyl halides is 1. The van der Waals surface area contributed by atoms with Gasteiger partial charge in [0.25, 0.3) is 5.56 Å². The first-order valence-corrected chi connectivity index (χ1v) is 7.71. The fraction of sp³-hybridized carbons (Fsp3) is 0.500. The zero-order chi connectivity index (χ0) is 16.7. The van der Waals surface area contributed by atoms with Crippen molar-refractivity contribution in [2.75, 3.05) is 6.16 Å². The number of aliphatic hydroxyl groups excluding tert-OH is 1. The summed E-state index contributed by atoms with van der Waals surface area (Å²) in [6.07, 6.45) is -7.49. The van der Waals surface area contributed by atoms with Gasteiger partial charge in [-0.3, -0.25) is 18.9 Å². The summed E-state index contributed by atoms with van der Waals surface area (Å²) in [5.41, 5.74) is -2.53. The predicted octanol–water partition coefficient (Wildman–Crippen LogP) is -1.82. The lowest BCUT2D eigenvalue weighted by atomic mass is 10.1. The number of rotatable bonds is 3. The van der Waals surface area contributed by atoms with Crippen LogP contribution in [0.25, 0.3) is 0 Å². The number of aliphatic hydroxyl groups is 1. The molecule has 2 heterocycles. The van der Waals surface area contributed by atoms with Gasteiger partial charge in [0.15, 0.2) is 12.4 Å². The molecule has 4 N–H and O–H groups in total. The summed E-state index contributed by atoms with van der Waals surface area (Å²) in [5.74, 6) is 0. The van der Waals surface area contributed by atoms with Crippen molar-refractivity contribution in [2.45, 2.75) is 24.6 Å². The van der Waals surface area contributed by atoms with E-state index in [1.165, 1.54) is 6.07 Å². The molecule has 12 heteroatoms. The second kappa shape index (κ2) is 5.75. The molecule has 0 bridgehead atoms. The van der Waals surface area contributed by atoms with Crippen molar-refractivity contribution in [3.63, 3.8) is 0 Å². The van der Waals surface area contributed by atoms with Crippen LogP contribution in [0.2, 0.25) is 0 Å². The highest BCUT2D eigenvalue weighted by atomic mass is 31.2. The standard InChI is InChI=1S/C10H11FN3O7P/c11-6-7(15)5(3-22(18,19)20)21-9(6)14-2-4(1-12)8(16)13-10(14)17/h2,5-7,9,15H,3H2,(H,13,16,17)(H2,18,19,20)/t5-,6-,7-,9-/m1/s1. The number of ether oxygens (including phenoxy) is 1. The van der Waals surface area contributed by atoms with Crippen molar-refractivity contribution in [3.05, 3.63) is 32.6 Å². The molecule has 1 aliphatic heterocycles. The average molecular weight is 335 g/mol. The highest BCUT2D eigenvalue weighted by Gasteiger charge is 2.47. The summed E-state index contributed by atoms with van der Waals surface area (Å²) in [4.78, 5) is 42.4. The van der Waals surface area contributed by atoms with Crippen LogP contribution < -0.4 is 11.2 Å². The molecule has 120 valence electrons. The van der Waals surface area contributed by atoms with Crippen LogP contribution in [0.4, 0.5) is 4.39 Å². The minimum atomic E-state index is -4.58. The zero-order valence-corrected chi connectivity index (χ0v) is 11.7. The lowest BCUT2D eigenvalue weighted by Gasteiger charge is -2.16. The fourth-order valence-corrected chi connectivity index (χ4v) is 2.84. The Morgan fingerprint density at radius 2 is 2.14 bits per heavy atom. The SMILES string of the molecule is N#Cc1cn([C@@H]2O[C@H](CP(=O)(O)O)[C@@H](O)[C@H]2F)c(=O)[nH]c1=O. The number of nitrogens with one attached hydrogen (secondary N) is 1. The molecule has 0 radical (unpaired) electrons. The van der Waals surface area contributed by atoms with E-state index < -0.39 is 55.2 Å². The maximum Gasteiger partial charge on any atom is 0.330 e. The molecule has 0 amide bonds. The van der Waals surface area contributed by atoms with Crippen molar-refractivity contribution >= 4 is 7.60 Å². The van der Waals surface area contributed by atoms with Gasteiger partial charge < -0.3 is 19.6 Å². The smallest absolute Gasteiger partial charge is 0.330 e. The van der Waals surface area contributed by atoms with Crippen LogP contribution in [0.5, 0.6) is 0 Å². The van der Waals surface area contributed by atoms with E-state index in [2.05, 4.69) is 0 Å². The van der Waals surface area contributed by atoms with Crippen LogP contribution in [0.1, 0.15) is 11.8 Å². The number of halogens is 1. The molecule has 1 saturated heterocycles. The third-order valence-corrected chi connectivity index (χ3v) is 3.91. The van der Waals surface area contributed by atoms with E-state index in [0.29, 0.717) is 4.57 Å². The number of hydrogen-bond acceptors (Lipinski definition) is 6. The van der Waals surface area contributed by atoms with Crippen LogP contribution in [0.3, 0.4) is 0 Å². The largest absolute Gasteiger partial charge is 0.387 e. The van der Waals surface area contributed by atoms with Crippen molar-refractivity contribution < 1.29 is 28.6 Å². The molecule has 1 aliphatic rings. The normalized spacial score (nSPS) is 28.5. The van der Waals surface area contributed by atoms with E-state index in [1.807, 2.05) is 0 Å². The Kier molecular flexibility index (Phi) is 4.32. The van der Waals surface area contributed by atoms with Crippen LogP contribution in [0.15, 0.2) is 15.8 Å². The first-order chi connectivity index (χ1) is 10.1. The van der Waals surface area contributed by atoms with Gasteiger partial charge in [-0.25, -0.2) is 9.18 Å². The van der Waals surface area contributed by atoms with Gasteiger partial charge in [-0.05, 0) is 0 Å². The molecule has 1 aromatic heterocycles. The molecule has 0 unspecified atom stereocenters. The van der Waals surface area contributed by atoms with E-state index in [0.717, 1.165) is 6.20 Å². The van der Waals surface area contributed by atoms with Crippen molar-refractivity contribution in [3.8, 4) is 6.07 Å². The Morgan fingerprint density at radius 3 is 2.68 bits per heavy atom. The predicted molar refractivity (Wildman–Crippen MR) is 67.8 cm³/mol. The van der Waals surface area contributed by atoms with E-state index in [1.54, 1.807) is 4.98 Å². The molecular formula is C10H11FN3O7P. The molecule has 0 saturated carbocycles. The Bertz CT molecular complexity index is 778. The summed E-state index contributed by atoms with van der Waals surface area (Å²) in [6.45, 7) is 0. The highest BCUT2D eigenvalue weighted by Crippen LogP contribution is 2.41. The lowest BCUT2D eigenvalue weighted by molar-refractivity contribution is -0.0186. The first kappa shape index (κ1) is 16.5. The zero-order valence-electron chi connectivity index (χ0n) is 10.8. The fourth-order valence-electron chi connectivity index (χ4n) is 2.07. The third kappa shape index (κ3) is 3.16. The molecule has 0 aliphatic carbocycles. The van der Waals surface area contributed by atoms with Gasteiger partial charge >= 0.3 is 13.3 Å². The monoisotopic (exact) mass is 335 g/mol. The van der Waals surface area contributed by atoms with Gasteiger partial charge in [-0.1, -0.05) is 0 Å². The summed E-state index contributed by atoms with van der Waals surface area (Å²) < 4.78 is 30.5. The maximum absolute atomic E-state index is 14.0. The van der Waals surface area contributed by atoms with E-state index in [4.69, 9.17) is 19.8 Å². The minimum absolute atomic E-state index is 0.483. The van der Waals surface area contributed by atoms with E-state index >= 15 is 0 Å². The average Bonchev–Trinajstić information content (AvgIpc) is 2.66. The molecule has 0 aromatic carbocycles. The van der Waals surface area contributed by atoms with Gasteiger partial charge in [0.05, 0.1) is 6.16 Å².